The van der Waals surface area contributed by atoms with Gasteiger partial charge in [-0.25, -0.2) is 4.79 Å². The van der Waals surface area contributed by atoms with Crippen molar-refractivity contribution < 1.29 is 4.74 Å². The van der Waals surface area contributed by atoms with Gasteiger partial charge >= 0.3 is 5.69 Å². The molecule has 0 aliphatic carbocycles. The third-order valence-corrected chi connectivity index (χ3v) is 3.15. The van der Waals surface area contributed by atoms with Gasteiger partial charge in [-0.05, 0) is 19.1 Å². The fraction of sp³-hybridized carbons (Fsp3) is 0.333. The zero-order valence-electron chi connectivity index (χ0n) is 12.4. The minimum atomic E-state index is -0.331. The molecule has 1 aromatic carbocycles. The van der Waals surface area contributed by atoms with Gasteiger partial charge in [0.15, 0.2) is 0 Å². The second-order valence-corrected chi connectivity index (χ2v) is 4.73. The van der Waals surface area contributed by atoms with Gasteiger partial charge in [0.2, 0.25) is 0 Å². The number of nitrogens with one attached hydrogen (secondary N) is 1. The van der Waals surface area contributed by atoms with E-state index in [1.54, 1.807) is 13.2 Å². The summed E-state index contributed by atoms with van der Waals surface area (Å²) in [5.41, 5.74) is 0.770. The van der Waals surface area contributed by atoms with Crippen LogP contribution < -0.4 is 21.3 Å². The largest absolute Gasteiger partial charge is 0.494 e. The van der Waals surface area contributed by atoms with Crippen molar-refractivity contribution in [2.45, 2.75) is 13.5 Å². The molecule has 0 aliphatic heterocycles. The molecule has 21 heavy (non-hydrogen) atoms. The van der Waals surface area contributed by atoms with Crippen molar-refractivity contribution in [1.82, 2.24) is 9.13 Å². The highest BCUT2D eigenvalue weighted by Gasteiger charge is 2.06. The molecule has 1 heterocycles. The molecule has 0 spiro atoms. The molecule has 6 nitrogen and oxygen atoms in total. The molecule has 0 saturated heterocycles. The van der Waals surface area contributed by atoms with Crippen molar-refractivity contribution in [3.05, 3.63) is 56.9 Å². The average Bonchev–Trinajstić information content (AvgIpc) is 2.48. The molecule has 1 aromatic heterocycles. The molecule has 0 unspecified atom stereocenters. The Hall–Kier alpha value is -2.50. The number of rotatable bonds is 5. The summed E-state index contributed by atoms with van der Waals surface area (Å²) in [5, 5.41) is 3.17. The maximum absolute atomic E-state index is 12.0. The van der Waals surface area contributed by atoms with Crippen molar-refractivity contribution in [2.75, 3.05) is 11.9 Å². The minimum absolute atomic E-state index is 0.286. The number of benzene rings is 1. The van der Waals surface area contributed by atoms with E-state index in [1.807, 2.05) is 31.2 Å². The number of anilines is 1. The first kappa shape index (κ1) is 14.9. The molecule has 0 saturated carbocycles. The molecular weight excluding hydrogens is 270 g/mol. The smallest absolute Gasteiger partial charge is 0.330 e. The van der Waals surface area contributed by atoms with Crippen LogP contribution in [0.1, 0.15) is 12.5 Å². The van der Waals surface area contributed by atoms with Crippen molar-refractivity contribution in [3.63, 3.8) is 0 Å². The Bertz CT molecular complexity index is 747. The van der Waals surface area contributed by atoms with E-state index in [1.165, 1.54) is 11.6 Å². The van der Waals surface area contributed by atoms with Crippen molar-refractivity contribution in [1.29, 1.82) is 0 Å². The Labute approximate surface area is 122 Å². The van der Waals surface area contributed by atoms with Crippen LogP contribution in [0.5, 0.6) is 5.75 Å². The lowest BCUT2D eigenvalue weighted by Gasteiger charge is -2.10. The van der Waals surface area contributed by atoms with Gasteiger partial charge in [0.05, 0.1) is 12.2 Å². The second-order valence-electron chi connectivity index (χ2n) is 4.73. The van der Waals surface area contributed by atoms with E-state index in [4.69, 9.17) is 4.74 Å². The topological polar surface area (TPSA) is 65.3 Å². The molecule has 0 radical (unpaired) electrons. The summed E-state index contributed by atoms with van der Waals surface area (Å²) in [4.78, 5) is 23.6. The van der Waals surface area contributed by atoms with Crippen molar-refractivity contribution in [2.24, 2.45) is 14.1 Å². The van der Waals surface area contributed by atoms with Crippen LogP contribution in [0.25, 0.3) is 0 Å². The normalized spacial score (nSPS) is 10.4. The van der Waals surface area contributed by atoms with Crippen molar-refractivity contribution >= 4 is 5.69 Å². The van der Waals surface area contributed by atoms with Crippen LogP contribution in [-0.4, -0.2) is 15.7 Å². The molecule has 1 N–H and O–H groups in total. The number of ether oxygens (including phenoxy) is 1. The van der Waals surface area contributed by atoms with Crippen molar-refractivity contribution in [3.8, 4) is 5.75 Å². The second kappa shape index (κ2) is 6.30. The lowest BCUT2D eigenvalue weighted by molar-refractivity contribution is 0.340. The van der Waals surface area contributed by atoms with Gasteiger partial charge in [-0.2, -0.15) is 0 Å². The van der Waals surface area contributed by atoms with Gasteiger partial charge in [-0.3, -0.25) is 9.36 Å². The Morgan fingerprint density at radius 3 is 2.71 bits per heavy atom. The predicted molar refractivity (Wildman–Crippen MR) is 81.9 cm³/mol. The molecule has 0 aliphatic rings. The summed E-state index contributed by atoms with van der Waals surface area (Å²) < 4.78 is 7.93. The number of aryl methyl sites for hydroxylation is 1. The molecule has 0 amide bonds. The van der Waals surface area contributed by atoms with Gasteiger partial charge < -0.3 is 14.6 Å². The highest BCUT2D eigenvalue weighted by atomic mass is 16.5. The summed E-state index contributed by atoms with van der Waals surface area (Å²) in [6.45, 7) is 2.87. The maximum atomic E-state index is 12.0. The first-order chi connectivity index (χ1) is 10.0. The summed E-state index contributed by atoms with van der Waals surface area (Å²) in [6, 6.07) is 7.52. The third-order valence-electron chi connectivity index (χ3n) is 3.15. The highest BCUT2D eigenvalue weighted by molar-refractivity contribution is 5.48. The average molecular weight is 289 g/mol. The van der Waals surface area contributed by atoms with Crippen LogP contribution in [0.15, 0.2) is 40.1 Å². The summed E-state index contributed by atoms with van der Waals surface area (Å²) >= 11 is 0. The zero-order valence-corrected chi connectivity index (χ0v) is 12.4. The molecule has 6 heteroatoms. The molecule has 0 fully saturated rings. The Balaban J connectivity index is 2.19. The molecular formula is C15H19N3O3. The molecule has 2 rings (SSSR count). The lowest BCUT2D eigenvalue weighted by atomic mass is 10.2. The predicted octanol–water partition coefficient (Wildman–Crippen LogP) is 1.09. The van der Waals surface area contributed by atoms with E-state index in [0.29, 0.717) is 18.7 Å². The monoisotopic (exact) mass is 289 g/mol. The first-order valence-corrected chi connectivity index (χ1v) is 6.75. The number of aromatic nitrogens is 2. The molecule has 0 bridgehead atoms. The first-order valence-electron chi connectivity index (χ1n) is 6.75. The minimum Gasteiger partial charge on any atom is -0.494 e. The summed E-state index contributed by atoms with van der Waals surface area (Å²) in [6.07, 6.45) is 1.56. The van der Waals surface area contributed by atoms with Crippen LogP contribution >= 0.6 is 0 Å². The molecule has 0 atom stereocenters. The molecule has 112 valence electrons. The quantitative estimate of drug-likeness (QED) is 0.895. The summed E-state index contributed by atoms with van der Waals surface area (Å²) in [5.74, 6) is 0.774. The Morgan fingerprint density at radius 1 is 1.24 bits per heavy atom. The van der Waals surface area contributed by atoms with Crippen LogP contribution in [0.3, 0.4) is 0 Å². The van der Waals surface area contributed by atoms with Gasteiger partial charge in [0.1, 0.15) is 5.75 Å². The van der Waals surface area contributed by atoms with E-state index >= 15 is 0 Å². The SMILES string of the molecule is CCOc1cccc(NCc2cn(C)c(=O)n(C)c2=O)c1. The fourth-order valence-electron chi connectivity index (χ4n) is 2.06. The van der Waals surface area contributed by atoms with Crippen LogP contribution in [0.4, 0.5) is 5.69 Å². The zero-order chi connectivity index (χ0) is 15.4. The molecule has 2 aromatic rings. The summed E-state index contributed by atoms with van der Waals surface area (Å²) in [7, 11) is 3.10. The van der Waals surface area contributed by atoms with E-state index in [9.17, 15) is 9.59 Å². The number of hydrogen-bond donors (Lipinski definition) is 1. The maximum Gasteiger partial charge on any atom is 0.330 e. The van der Waals surface area contributed by atoms with E-state index < -0.39 is 0 Å². The van der Waals surface area contributed by atoms with Gasteiger partial charge in [-0.15, -0.1) is 0 Å². The van der Waals surface area contributed by atoms with Gasteiger partial charge in [0.25, 0.3) is 5.56 Å². The number of hydrogen-bond acceptors (Lipinski definition) is 4. The van der Waals surface area contributed by atoms with Crippen LogP contribution in [-0.2, 0) is 20.6 Å². The van der Waals surface area contributed by atoms with E-state index in [-0.39, 0.29) is 11.2 Å². The highest BCUT2D eigenvalue weighted by Crippen LogP contribution is 2.17. The van der Waals surface area contributed by atoms with E-state index in [0.717, 1.165) is 16.0 Å². The Morgan fingerprint density at radius 2 is 2.00 bits per heavy atom. The van der Waals surface area contributed by atoms with Crippen LogP contribution in [0.2, 0.25) is 0 Å². The fourth-order valence-corrected chi connectivity index (χ4v) is 2.06. The number of nitrogens with zero attached hydrogens (tertiary/aromatic N) is 2. The van der Waals surface area contributed by atoms with Gasteiger partial charge in [0, 0.05) is 38.6 Å². The Kier molecular flexibility index (Phi) is 4.47. The standard InChI is InChI=1S/C15H19N3O3/c1-4-21-13-7-5-6-12(8-13)16-9-11-10-17(2)15(20)18(3)14(11)19/h5-8,10,16H,4,9H2,1-3H3. The van der Waals surface area contributed by atoms with Crippen LogP contribution in [0, 0.1) is 0 Å². The lowest BCUT2D eigenvalue weighted by Crippen LogP contribution is -2.38. The van der Waals surface area contributed by atoms with E-state index in [2.05, 4.69) is 5.32 Å². The third kappa shape index (κ3) is 3.34. The van der Waals surface area contributed by atoms with Gasteiger partial charge in [-0.1, -0.05) is 6.07 Å².